The van der Waals surface area contributed by atoms with E-state index in [1.807, 2.05) is 30.3 Å². The molecule has 0 saturated carbocycles. The van der Waals surface area contributed by atoms with E-state index >= 15 is 0 Å². The quantitative estimate of drug-likeness (QED) is 0.765. The van der Waals surface area contributed by atoms with Crippen LogP contribution in [0.15, 0.2) is 30.3 Å². The molecular weight excluding hydrogens is 238 g/mol. The lowest BCUT2D eigenvalue weighted by atomic mass is 9.83. The summed E-state index contributed by atoms with van der Waals surface area (Å²) in [5.74, 6) is -0.173. The predicted molar refractivity (Wildman–Crippen MR) is 74.1 cm³/mol. The molecule has 102 valence electrons. The number of esters is 1. The molecule has 2 atom stereocenters. The fourth-order valence-electron chi connectivity index (χ4n) is 3.46. The Labute approximate surface area is 114 Å². The van der Waals surface area contributed by atoms with Gasteiger partial charge in [-0.2, -0.15) is 0 Å². The van der Waals surface area contributed by atoms with Crippen LogP contribution >= 0.6 is 0 Å². The van der Waals surface area contributed by atoms with E-state index in [1.54, 1.807) is 0 Å². The zero-order chi connectivity index (χ0) is 13.2. The molecule has 0 spiro atoms. The first-order chi connectivity index (χ1) is 9.24. The van der Waals surface area contributed by atoms with E-state index in [-0.39, 0.29) is 12.1 Å². The number of rotatable bonds is 2. The maximum Gasteiger partial charge on any atom is 0.338 e. The first-order valence-electron chi connectivity index (χ1n) is 7.22. The second kappa shape index (κ2) is 5.33. The molecule has 2 bridgehead atoms. The molecule has 0 aromatic heterocycles. The molecule has 0 amide bonds. The van der Waals surface area contributed by atoms with E-state index in [4.69, 9.17) is 4.74 Å². The topological polar surface area (TPSA) is 29.5 Å². The van der Waals surface area contributed by atoms with Crippen molar-refractivity contribution in [3.8, 4) is 0 Å². The van der Waals surface area contributed by atoms with E-state index in [0.29, 0.717) is 17.6 Å². The van der Waals surface area contributed by atoms with Gasteiger partial charge in [-0.15, -0.1) is 0 Å². The van der Waals surface area contributed by atoms with Crippen molar-refractivity contribution in [2.45, 2.75) is 50.3 Å². The van der Waals surface area contributed by atoms with Crippen LogP contribution in [-0.2, 0) is 4.74 Å². The Hall–Kier alpha value is -1.35. The number of nitrogens with zero attached hydrogens (tertiary/aromatic N) is 1. The van der Waals surface area contributed by atoms with Crippen LogP contribution in [0.3, 0.4) is 0 Å². The molecule has 0 radical (unpaired) electrons. The average molecular weight is 259 g/mol. The fourth-order valence-corrected chi connectivity index (χ4v) is 3.46. The van der Waals surface area contributed by atoms with Crippen LogP contribution in [0, 0.1) is 0 Å². The van der Waals surface area contributed by atoms with Crippen LogP contribution in [0.1, 0.15) is 42.5 Å². The van der Waals surface area contributed by atoms with E-state index in [2.05, 4.69) is 11.9 Å². The molecule has 19 heavy (non-hydrogen) atoms. The smallest absolute Gasteiger partial charge is 0.338 e. The molecule has 2 fully saturated rings. The Bertz CT molecular complexity index is 431. The first-order valence-corrected chi connectivity index (χ1v) is 7.22. The minimum atomic E-state index is -0.173. The van der Waals surface area contributed by atoms with Gasteiger partial charge < -0.3 is 9.64 Å². The summed E-state index contributed by atoms with van der Waals surface area (Å²) in [5.41, 5.74) is 0.659. The maximum absolute atomic E-state index is 12.1. The standard InChI is InChI=1S/C16H21NO2/c1-17-13-8-5-9-14(17)11-15(10-13)19-16(18)12-6-3-2-4-7-12/h2-4,6-7,13-15H,5,8-11H2,1H3. The van der Waals surface area contributed by atoms with E-state index in [9.17, 15) is 4.79 Å². The number of carbonyl (C=O) groups is 1. The van der Waals surface area contributed by atoms with Crippen LogP contribution < -0.4 is 0 Å². The zero-order valence-corrected chi connectivity index (χ0v) is 11.4. The van der Waals surface area contributed by atoms with Gasteiger partial charge >= 0.3 is 5.97 Å². The highest BCUT2D eigenvalue weighted by Gasteiger charge is 2.37. The largest absolute Gasteiger partial charge is 0.459 e. The van der Waals surface area contributed by atoms with Gasteiger partial charge in [0.2, 0.25) is 0 Å². The highest BCUT2D eigenvalue weighted by molar-refractivity contribution is 5.89. The Morgan fingerprint density at radius 2 is 1.79 bits per heavy atom. The number of ether oxygens (including phenoxy) is 1. The summed E-state index contributed by atoms with van der Waals surface area (Å²) in [5, 5.41) is 0. The number of hydrogen-bond acceptors (Lipinski definition) is 3. The Kier molecular flexibility index (Phi) is 3.56. The third-order valence-corrected chi connectivity index (χ3v) is 4.58. The fraction of sp³-hybridized carbons (Fsp3) is 0.562. The summed E-state index contributed by atoms with van der Waals surface area (Å²) in [6.45, 7) is 0. The molecular formula is C16H21NO2. The van der Waals surface area contributed by atoms with Crippen molar-refractivity contribution in [1.29, 1.82) is 0 Å². The van der Waals surface area contributed by atoms with Gasteiger partial charge in [-0.3, -0.25) is 0 Å². The number of piperidine rings is 2. The highest BCUT2D eigenvalue weighted by atomic mass is 16.5. The summed E-state index contributed by atoms with van der Waals surface area (Å²) >= 11 is 0. The lowest BCUT2D eigenvalue weighted by Crippen LogP contribution is -2.52. The molecule has 2 heterocycles. The van der Waals surface area contributed by atoms with Crippen molar-refractivity contribution < 1.29 is 9.53 Å². The van der Waals surface area contributed by atoms with Crippen LogP contribution in [0.4, 0.5) is 0 Å². The maximum atomic E-state index is 12.1. The van der Waals surface area contributed by atoms with E-state index < -0.39 is 0 Å². The highest BCUT2D eigenvalue weighted by Crippen LogP contribution is 2.34. The molecule has 2 aliphatic heterocycles. The number of carbonyl (C=O) groups excluding carboxylic acids is 1. The van der Waals surface area contributed by atoms with Crippen LogP contribution in [0.25, 0.3) is 0 Å². The van der Waals surface area contributed by atoms with Gasteiger partial charge in [0.25, 0.3) is 0 Å². The van der Waals surface area contributed by atoms with Crippen LogP contribution in [0.2, 0.25) is 0 Å². The normalized spacial score (nSPS) is 30.9. The van der Waals surface area contributed by atoms with Crippen molar-refractivity contribution in [2.24, 2.45) is 0 Å². The molecule has 2 unspecified atom stereocenters. The SMILES string of the molecule is CN1C2CCCC1CC(OC(=O)c1ccccc1)C2. The molecule has 2 aliphatic rings. The van der Waals surface area contributed by atoms with E-state index in [0.717, 1.165) is 12.8 Å². The van der Waals surface area contributed by atoms with Crippen LogP contribution in [-0.4, -0.2) is 36.1 Å². The van der Waals surface area contributed by atoms with Crippen molar-refractivity contribution in [1.82, 2.24) is 4.90 Å². The third-order valence-electron chi connectivity index (χ3n) is 4.58. The Morgan fingerprint density at radius 1 is 1.16 bits per heavy atom. The molecule has 1 aromatic rings. The summed E-state index contributed by atoms with van der Waals surface area (Å²) in [4.78, 5) is 14.6. The van der Waals surface area contributed by atoms with E-state index in [1.165, 1.54) is 19.3 Å². The second-order valence-electron chi connectivity index (χ2n) is 5.77. The predicted octanol–water partition coefficient (Wildman–Crippen LogP) is 2.86. The number of fused-ring (bicyclic) bond motifs is 2. The molecule has 3 heteroatoms. The Balaban J connectivity index is 1.63. The molecule has 2 saturated heterocycles. The van der Waals surface area contributed by atoms with Gasteiger partial charge in [-0.25, -0.2) is 4.79 Å². The van der Waals surface area contributed by atoms with Gasteiger partial charge in [0.15, 0.2) is 0 Å². The van der Waals surface area contributed by atoms with Gasteiger partial charge in [0.1, 0.15) is 6.10 Å². The Morgan fingerprint density at radius 3 is 2.42 bits per heavy atom. The zero-order valence-electron chi connectivity index (χ0n) is 11.4. The molecule has 0 aliphatic carbocycles. The number of benzene rings is 1. The van der Waals surface area contributed by atoms with Gasteiger partial charge in [0, 0.05) is 24.9 Å². The first kappa shape index (κ1) is 12.7. The van der Waals surface area contributed by atoms with Crippen molar-refractivity contribution >= 4 is 5.97 Å². The summed E-state index contributed by atoms with van der Waals surface area (Å²) in [6.07, 6.45) is 5.88. The molecule has 0 N–H and O–H groups in total. The lowest BCUT2D eigenvalue weighted by molar-refractivity contribution is -0.0318. The summed E-state index contributed by atoms with van der Waals surface area (Å²) < 4.78 is 5.70. The third kappa shape index (κ3) is 2.66. The second-order valence-corrected chi connectivity index (χ2v) is 5.77. The van der Waals surface area contributed by atoms with Gasteiger partial charge in [-0.05, 0) is 32.0 Å². The van der Waals surface area contributed by atoms with Crippen molar-refractivity contribution in [3.63, 3.8) is 0 Å². The van der Waals surface area contributed by atoms with Crippen molar-refractivity contribution in [3.05, 3.63) is 35.9 Å². The van der Waals surface area contributed by atoms with Crippen molar-refractivity contribution in [2.75, 3.05) is 7.05 Å². The minimum absolute atomic E-state index is 0.0965. The lowest BCUT2D eigenvalue weighted by Gasteiger charge is -2.46. The molecule has 3 nitrogen and oxygen atoms in total. The van der Waals surface area contributed by atoms with Gasteiger partial charge in [-0.1, -0.05) is 24.6 Å². The van der Waals surface area contributed by atoms with Gasteiger partial charge in [0.05, 0.1) is 5.56 Å². The average Bonchev–Trinajstić information content (AvgIpc) is 2.41. The molecule has 1 aromatic carbocycles. The molecule has 3 rings (SSSR count). The summed E-state index contributed by atoms with van der Waals surface area (Å²) in [7, 11) is 2.21. The minimum Gasteiger partial charge on any atom is -0.459 e. The summed E-state index contributed by atoms with van der Waals surface area (Å²) in [6, 6.07) is 10.5. The van der Waals surface area contributed by atoms with Crippen LogP contribution in [0.5, 0.6) is 0 Å². The number of hydrogen-bond donors (Lipinski definition) is 0. The monoisotopic (exact) mass is 259 g/mol.